The van der Waals surface area contributed by atoms with E-state index in [4.69, 9.17) is 19.9 Å². The highest BCUT2D eigenvalue weighted by molar-refractivity contribution is 5.95. The monoisotopic (exact) mass is 507 g/mol. The standard InChI is InChI=1S/C28H30FN3O5/c1-28(2,3)37-27(34)32-12-11-18(17-32)13-19-14-24(25(30)33)26(31-16-19)36-22-9-7-21(8-10-22)35-23-6-4-5-20(29)15-23/h4-10,14-16,18H,11-13,17H2,1-3H3,(H2,30,33). The van der Waals surface area contributed by atoms with Gasteiger partial charge in [0.25, 0.3) is 5.91 Å². The molecule has 2 N–H and O–H groups in total. The molecule has 1 fully saturated rings. The summed E-state index contributed by atoms with van der Waals surface area (Å²) in [5, 5.41) is 0. The second-order valence-electron chi connectivity index (χ2n) is 9.98. The molecule has 0 radical (unpaired) electrons. The highest BCUT2D eigenvalue weighted by Crippen LogP contribution is 2.29. The zero-order valence-corrected chi connectivity index (χ0v) is 21.1. The fraction of sp³-hybridized carbons (Fsp3) is 0.321. The predicted molar refractivity (Wildman–Crippen MR) is 135 cm³/mol. The third kappa shape index (κ3) is 7.19. The molecule has 0 bridgehead atoms. The Kier molecular flexibility index (Phi) is 7.61. The van der Waals surface area contributed by atoms with E-state index in [1.54, 1.807) is 53.6 Å². The molecule has 4 rings (SSSR count). The molecule has 1 unspecified atom stereocenters. The number of likely N-dealkylation sites (tertiary alicyclic amines) is 1. The van der Waals surface area contributed by atoms with Gasteiger partial charge >= 0.3 is 6.09 Å². The van der Waals surface area contributed by atoms with Crippen LogP contribution in [0.2, 0.25) is 0 Å². The van der Waals surface area contributed by atoms with E-state index in [-0.39, 0.29) is 29.3 Å². The Hall–Kier alpha value is -4.14. The van der Waals surface area contributed by atoms with Crippen LogP contribution in [-0.4, -0.2) is 40.6 Å². The molecule has 0 saturated carbocycles. The number of halogens is 1. The van der Waals surface area contributed by atoms with E-state index >= 15 is 0 Å². The highest BCUT2D eigenvalue weighted by atomic mass is 19.1. The predicted octanol–water partition coefficient (Wildman–Crippen LogP) is 5.70. The van der Waals surface area contributed by atoms with Crippen molar-refractivity contribution in [1.82, 2.24) is 9.88 Å². The molecule has 194 valence electrons. The van der Waals surface area contributed by atoms with Crippen molar-refractivity contribution < 1.29 is 28.2 Å². The van der Waals surface area contributed by atoms with Gasteiger partial charge in [0.1, 0.15) is 34.2 Å². The van der Waals surface area contributed by atoms with Crippen molar-refractivity contribution in [3.05, 3.63) is 77.7 Å². The first-order valence-electron chi connectivity index (χ1n) is 12.0. The fourth-order valence-electron chi connectivity index (χ4n) is 4.04. The molecule has 1 aromatic heterocycles. The van der Waals surface area contributed by atoms with Gasteiger partial charge in [-0.2, -0.15) is 0 Å². The van der Waals surface area contributed by atoms with E-state index in [0.717, 1.165) is 12.0 Å². The summed E-state index contributed by atoms with van der Waals surface area (Å²) < 4.78 is 30.3. The van der Waals surface area contributed by atoms with Crippen molar-refractivity contribution in [1.29, 1.82) is 0 Å². The van der Waals surface area contributed by atoms with E-state index in [9.17, 15) is 14.0 Å². The third-order valence-electron chi connectivity index (χ3n) is 5.71. The second-order valence-corrected chi connectivity index (χ2v) is 9.98. The number of aromatic nitrogens is 1. The van der Waals surface area contributed by atoms with Gasteiger partial charge in [-0.1, -0.05) is 6.07 Å². The number of pyridine rings is 1. The SMILES string of the molecule is CC(C)(C)OC(=O)N1CCC(Cc2cnc(Oc3ccc(Oc4cccc(F)c4)cc3)c(C(N)=O)c2)C1. The average Bonchev–Trinajstić information content (AvgIpc) is 3.29. The molecule has 2 aromatic carbocycles. The van der Waals surface area contributed by atoms with E-state index in [0.29, 0.717) is 36.8 Å². The normalized spacial score (nSPS) is 15.4. The molecular weight excluding hydrogens is 477 g/mol. The van der Waals surface area contributed by atoms with Crippen LogP contribution in [0.25, 0.3) is 0 Å². The number of rotatable bonds is 7. The summed E-state index contributed by atoms with van der Waals surface area (Å²) in [7, 11) is 0. The fourth-order valence-corrected chi connectivity index (χ4v) is 4.04. The van der Waals surface area contributed by atoms with Gasteiger partial charge < -0.3 is 24.8 Å². The summed E-state index contributed by atoms with van der Waals surface area (Å²) in [6.45, 7) is 6.72. The van der Waals surface area contributed by atoms with Crippen LogP contribution in [0, 0.1) is 11.7 Å². The molecule has 1 aliphatic heterocycles. The zero-order valence-electron chi connectivity index (χ0n) is 21.1. The Labute approximate surface area is 215 Å². The van der Waals surface area contributed by atoms with Crippen LogP contribution in [0.4, 0.5) is 9.18 Å². The number of amides is 2. The Morgan fingerprint density at radius 3 is 2.41 bits per heavy atom. The molecule has 1 aliphatic rings. The Morgan fingerprint density at radius 2 is 1.76 bits per heavy atom. The number of nitrogens with zero attached hydrogens (tertiary/aromatic N) is 2. The maximum absolute atomic E-state index is 13.4. The number of nitrogens with two attached hydrogens (primary N) is 1. The molecule has 3 aromatic rings. The summed E-state index contributed by atoms with van der Waals surface area (Å²) in [6, 6.07) is 14.1. The van der Waals surface area contributed by atoms with Crippen molar-refractivity contribution in [3.8, 4) is 23.1 Å². The quantitative estimate of drug-likeness (QED) is 0.440. The minimum absolute atomic E-state index is 0.0943. The van der Waals surface area contributed by atoms with Crippen LogP contribution < -0.4 is 15.2 Å². The maximum Gasteiger partial charge on any atom is 0.410 e. The van der Waals surface area contributed by atoms with Crippen molar-refractivity contribution >= 4 is 12.0 Å². The van der Waals surface area contributed by atoms with Gasteiger partial charge in [-0.05, 0) is 87.6 Å². The van der Waals surface area contributed by atoms with Crippen LogP contribution in [0.5, 0.6) is 23.1 Å². The Bertz CT molecular complexity index is 1270. The summed E-state index contributed by atoms with van der Waals surface area (Å²) >= 11 is 0. The lowest BCUT2D eigenvalue weighted by molar-refractivity contribution is 0.0288. The smallest absolute Gasteiger partial charge is 0.410 e. The van der Waals surface area contributed by atoms with E-state index in [2.05, 4.69) is 4.98 Å². The summed E-state index contributed by atoms with van der Waals surface area (Å²) in [6.07, 6.45) is 2.80. The van der Waals surface area contributed by atoms with Crippen LogP contribution in [0.1, 0.15) is 43.1 Å². The lowest BCUT2D eigenvalue weighted by Gasteiger charge is -2.24. The minimum atomic E-state index is -0.655. The number of primary amides is 1. The first-order valence-corrected chi connectivity index (χ1v) is 12.0. The van der Waals surface area contributed by atoms with Gasteiger partial charge in [-0.15, -0.1) is 0 Å². The van der Waals surface area contributed by atoms with E-state index in [1.165, 1.54) is 12.1 Å². The molecular formula is C28H30FN3O5. The van der Waals surface area contributed by atoms with E-state index in [1.807, 2.05) is 20.8 Å². The van der Waals surface area contributed by atoms with Crippen molar-refractivity contribution in [2.75, 3.05) is 13.1 Å². The highest BCUT2D eigenvalue weighted by Gasteiger charge is 2.30. The molecule has 8 nitrogen and oxygen atoms in total. The third-order valence-corrected chi connectivity index (χ3v) is 5.71. The van der Waals surface area contributed by atoms with Crippen LogP contribution in [-0.2, 0) is 11.2 Å². The lowest BCUT2D eigenvalue weighted by Crippen LogP contribution is -2.35. The second kappa shape index (κ2) is 10.9. The van der Waals surface area contributed by atoms with Gasteiger partial charge in [0.15, 0.2) is 0 Å². The number of carbonyl (C=O) groups excluding carboxylic acids is 2. The first kappa shape index (κ1) is 25.9. The minimum Gasteiger partial charge on any atom is -0.457 e. The molecule has 0 spiro atoms. The Balaban J connectivity index is 1.39. The molecule has 1 saturated heterocycles. The zero-order chi connectivity index (χ0) is 26.6. The molecule has 9 heteroatoms. The molecule has 2 amide bonds. The van der Waals surface area contributed by atoms with Gasteiger partial charge in [-0.3, -0.25) is 4.79 Å². The van der Waals surface area contributed by atoms with Crippen molar-refractivity contribution in [2.24, 2.45) is 11.7 Å². The van der Waals surface area contributed by atoms with Crippen molar-refractivity contribution in [2.45, 2.75) is 39.2 Å². The lowest BCUT2D eigenvalue weighted by atomic mass is 9.99. The molecule has 1 atom stereocenters. The number of hydrogen-bond acceptors (Lipinski definition) is 6. The van der Waals surface area contributed by atoms with Crippen LogP contribution in [0.3, 0.4) is 0 Å². The number of ether oxygens (including phenoxy) is 3. The topological polar surface area (TPSA) is 104 Å². The molecule has 37 heavy (non-hydrogen) atoms. The van der Waals surface area contributed by atoms with Gasteiger partial charge in [0.2, 0.25) is 5.88 Å². The largest absolute Gasteiger partial charge is 0.457 e. The maximum atomic E-state index is 13.4. The van der Waals surface area contributed by atoms with Crippen LogP contribution >= 0.6 is 0 Å². The number of carbonyl (C=O) groups is 2. The summed E-state index contributed by atoms with van der Waals surface area (Å²) in [5.74, 6) is 0.561. The number of hydrogen-bond donors (Lipinski definition) is 1. The van der Waals surface area contributed by atoms with Crippen molar-refractivity contribution in [3.63, 3.8) is 0 Å². The Morgan fingerprint density at radius 1 is 1.05 bits per heavy atom. The summed E-state index contributed by atoms with van der Waals surface area (Å²) in [5.41, 5.74) is 6.06. The molecule has 0 aliphatic carbocycles. The van der Waals surface area contributed by atoms with Gasteiger partial charge in [-0.25, -0.2) is 14.2 Å². The summed E-state index contributed by atoms with van der Waals surface area (Å²) in [4.78, 5) is 30.5. The molecule has 2 heterocycles. The first-order chi connectivity index (χ1) is 17.6. The number of benzene rings is 2. The van der Waals surface area contributed by atoms with Gasteiger partial charge in [0, 0.05) is 25.4 Å². The average molecular weight is 508 g/mol. The van der Waals surface area contributed by atoms with Crippen LogP contribution in [0.15, 0.2) is 60.8 Å². The van der Waals surface area contributed by atoms with Gasteiger partial charge in [0.05, 0.1) is 0 Å². The van der Waals surface area contributed by atoms with E-state index < -0.39 is 11.5 Å².